The van der Waals surface area contributed by atoms with Crippen molar-refractivity contribution >= 4 is 11.6 Å². The summed E-state index contributed by atoms with van der Waals surface area (Å²) in [4.78, 5) is 18.1. The summed E-state index contributed by atoms with van der Waals surface area (Å²) < 4.78 is 0. The molecule has 2 aromatic rings. The van der Waals surface area contributed by atoms with Gasteiger partial charge in [0.2, 0.25) is 0 Å². The molecule has 4 nitrogen and oxygen atoms in total. The minimum Gasteiger partial charge on any atom is -0.367 e. The van der Waals surface area contributed by atoms with Crippen molar-refractivity contribution in [2.75, 3.05) is 12.0 Å². The highest BCUT2D eigenvalue weighted by Crippen LogP contribution is 2.22. The first-order chi connectivity index (χ1) is 8.84. The van der Waals surface area contributed by atoms with Gasteiger partial charge in [-0.05, 0) is 23.8 Å². The fourth-order valence-electron chi connectivity index (χ4n) is 2.09. The van der Waals surface area contributed by atoms with Gasteiger partial charge in [-0.3, -0.25) is 9.78 Å². The number of anilines is 1. The number of hydrogen-bond acceptors (Lipinski definition) is 3. The maximum Gasteiger partial charge on any atom is 0.257 e. The number of benzene rings is 1. The summed E-state index contributed by atoms with van der Waals surface area (Å²) >= 11 is 0. The van der Waals surface area contributed by atoms with Crippen LogP contribution in [0.2, 0.25) is 0 Å². The molecule has 0 bridgehead atoms. The Bertz CT molecular complexity index is 568. The van der Waals surface area contributed by atoms with E-state index in [1.807, 2.05) is 36.4 Å². The molecule has 1 N–H and O–H groups in total. The van der Waals surface area contributed by atoms with Crippen molar-refractivity contribution in [3.63, 3.8) is 0 Å². The van der Waals surface area contributed by atoms with Crippen LogP contribution in [0.4, 0.5) is 5.69 Å². The number of carbonyl (C=O) groups excluding carboxylic acids is 1. The number of nitrogens with zero attached hydrogens (tertiary/aromatic N) is 2. The number of amides is 1. The lowest BCUT2D eigenvalue weighted by molar-refractivity contribution is 0.0746. The van der Waals surface area contributed by atoms with Gasteiger partial charge in [0.05, 0.1) is 12.2 Å². The highest BCUT2D eigenvalue weighted by atomic mass is 16.2. The second-order valence-corrected chi connectivity index (χ2v) is 4.24. The molecule has 0 unspecified atom stereocenters. The number of hydrogen-bond donors (Lipinski definition) is 1. The predicted octanol–water partition coefficient (Wildman–Crippen LogP) is 2.11. The smallest absolute Gasteiger partial charge is 0.257 e. The fraction of sp³-hybridized carbons (Fsp3) is 0.143. The summed E-state index contributed by atoms with van der Waals surface area (Å²) in [6.07, 6.45) is 3.52. The molecule has 0 saturated heterocycles. The van der Waals surface area contributed by atoms with Crippen molar-refractivity contribution in [2.24, 2.45) is 0 Å². The Morgan fingerprint density at radius 2 is 2.11 bits per heavy atom. The van der Waals surface area contributed by atoms with Gasteiger partial charge >= 0.3 is 0 Å². The van der Waals surface area contributed by atoms with E-state index in [1.54, 1.807) is 17.3 Å². The van der Waals surface area contributed by atoms with Crippen molar-refractivity contribution in [1.29, 1.82) is 0 Å². The SMILES string of the molecule is O=C1c2ccccc2NCN1Cc1cccnc1. The van der Waals surface area contributed by atoms with Crippen molar-refractivity contribution in [2.45, 2.75) is 6.54 Å². The second kappa shape index (κ2) is 4.49. The summed E-state index contributed by atoms with van der Waals surface area (Å²) in [6, 6.07) is 11.4. The van der Waals surface area contributed by atoms with E-state index >= 15 is 0 Å². The van der Waals surface area contributed by atoms with Gasteiger partial charge < -0.3 is 10.2 Å². The molecule has 90 valence electrons. The molecule has 1 aromatic heterocycles. The normalized spacial score (nSPS) is 14.0. The highest BCUT2D eigenvalue weighted by molar-refractivity contribution is 6.01. The molecular weight excluding hydrogens is 226 g/mol. The Balaban J connectivity index is 1.83. The molecule has 1 amide bonds. The molecule has 4 heteroatoms. The third-order valence-electron chi connectivity index (χ3n) is 3.00. The first-order valence-electron chi connectivity index (χ1n) is 5.86. The van der Waals surface area contributed by atoms with E-state index in [1.165, 1.54) is 0 Å². The van der Waals surface area contributed by atoms with Crippen LogP contribution in [0.25, 0.3) is 0 Å². The van der Waals surface area contributed by atoms with Crippen LogP contribution in [0.3, 0.4) is 0 Å². The van der Waals surface area contributed by atoms with Gasteiger partial charge in [-0.1, -0.05) is 18.2 Å². The van der Waals surface area contributed by atoms with Crippen LogP contribution in [0.1, 0.15) is 15.9 Å². The second-order valence-electron chi connectivity index (χ2n) is 4.24. The summed E-state index contributed by atoms with van der Waals surface area (Å²) in [6.45, 7) is 1.11. The molecule has 0 fully saturated rings. The molecule has 0 aliphatic carbocycles. The standard InChI is InChI=1S/C14H13N3O/c18-14-12-5-1-2-6-13(12)16-10-17(14)9-11-4-3-7-15-8-11/h1-8,16H,9-10H2. The molecule has 18 heavy (non-hydrogen) atoms. The number of pyridine rings is 1. The quantitative estimate of drug-likeness (QED) is 0.873. The molecule has 0 spiro atoms. The van der Waals surface area contributed by atoms with E-state index in [4.69, 9.17) is 0 Å². The first-order valence-corrected chi connectivity index (χ1v) is 5.86. The average molecular weight is 239 g/mol. The lowest BCUT2D eigenvalue weighted by Gasteiger charge is -2.29. The molecule has 2 heterocycles. The number of nitrogens with one attached hydrogen (secondary N) is 1. The first kappa shape index (κ1) is 10.8. The third-order valence-corrected chi connectivity index (χ3v) is 3.00. The third kappa shape index (κ3) is 1.93. The monoisotopic (exact) mass is 239 g/mol. The Hall–Kier alpha value is -2.36. The molecule has 1 aliphatic rings. The number of para-hydroxylation sites is 1. The number of fused-ring (bicyclic) bond motifs is 1. The summed E-state index contributed by atoms with van der Waals surface area (Å²) in [5.41, 5.74) is 2.67. The van der Waals surface area contributed by atoms with Gasteiger partial charge in [-0.25, -0.2) is 0 Å². The lowest BCUT2D eigenvalue weighted by atomic mass is 10.1. The minimum atomic E-state index is 0.0632. The van der Waals surface area contributed by atoms with E-state index in [-0.39, 0.29) is 5.91 Å². The molecule has 3 rings (SSSR count). The van der Waals surface area contributed by atoms with E-state index in [0.29, 0.717) is 13.2 Å². The Labute approximate surface area is 105 Å². The van der Waals surface area contributed by atoms with Crippen molar-refractivity contribution in [3.8, 4) is 0 Å². The molecule has 0 atom stereocenters. The zero-order chi connectivity index (χ0) is 12.4. The van der Waals surface area contributed by atoms with Gasteiger partial charge in [0, 0.05) is 24.6 Å². The van der Waals surface area contributed by atoms with Crippen molar-refractivity contribution < 1.29 is 4.79 Å². The summed E-state index contributed by atoms with van der Waals surface area (Å²) in [5, 5.41) is 3.25. The highest BCUT2D eigenvalue weighted by Gasteiger charge is 2.23. The van der Waals surface area contributed by atoms with Crippen LogP contribution in [-0.2, 0) is 6.54 Å². The largest absolute Gasteiger partial charge is 0.367 e. The molecule has 0 saturated carbocycles. The van der Waals surface area contributed by atoms with Gasteiger partial charge in [-0.2, -0.15) is 0 Å². The lowest BCUT2D eigenvalue weighted by Crippen LogP contribution is -2.39. The molecule has 1 aliphatic heterocycles. The fourth-order valence-corrected chi connectivity index (χ4v) is 2.09. The van der Waals surface area contributed by atoms with Crippen LogP contribution in [-0.4, -0.2) is 22.5 Å². The zero-order valence-electron chi connectivity index (χ0n) is 9.84. The Morgan fingerprint density at radius 3 is 2.94 bits per heavy atom. The van der Waals surface area contributed by atoms with E-state index < -0.39 is 0 Å². The van der Waals surface area contributed by atoms with Gasteiger partial charge in [-0.15, -0.1) is 0 Å². The van der Waals surface area contributed by atoms with Gasteiger partial charge in [0.25, 0.3) is 5.91 Å². The van der Waals surface area contributed by atoms with Crippen molar-refractivity contribution in [3.05, 3.63) is 59.9 Å². The molecule has 0 radical (unpaired) electrons. The molecule has 1 aromatic carbocycles. The topological polar surface area (TPSA) is 45.2 Å². The van der Waals surface area contributed by atoms with E-state index in [0.717, 1.165) is 16.8 Å². The minimum absolute atomic E-state index is 0.0632. The Morgan fingerprint density at radius 1 is 1.22 bits per heavy atom. The van der Waals surface area contributed by atoms with Crippen LogP contribution in [0.15, 0.2) is 48.8 Å². The number of aromatic nitrogens is 1. The average Bonchev–Trinajstić information content (AvgIpc) is 2.43. The van der Waals surface area contributed by atoms with Crippen LogP contribution in [0.5, 0.6) is 0 Å². The maximum atomic E-state index is 12.3. The van der Waals surface area contributed by atoms with Gasteiger partial charge in [0.15, 0.2) is 0 Å². The van der Waals surface area contributed by atoms with Gasteiger partial charge in [0.1, 0.15) is 0 Å². The van der Waals surface area contributed by atoms with E-state index in [2.05, 4.69) is 10.3 Å². The zero-order valence-corrected chi connectivity index (χ0v) is 9.84. The predicted molar refractivity (Wildman–Crippen MR) is 69.0 cm³/mol. The van der Waals surface area contributed by atoms with Crippen LogP contribution < -0.4 is 5.32 Å². The van der Waals surface area contributed by atoms with Crippen molar-refractivity contribution in [1.82, 2.24) is 9.88 Å². The summed E-state index contributed by atoms with van der Waals surface area (Å²) in [7, 11) is 0. The van der Waals surface area contributed by atoms with Crippen LogP contribution >= 0.6 is 0 Å². The number of rotatable bonds is 2. The number of carbonyl (C=O) groups is 1. The van der Waals surface area contributed by atoms with E-state index in [9.17, 15) is 4.79 Å². The summed E-state index contributed by atoms with van der Waals surface area (Å²) in [5.74, 6) is 0.0632. The molecular formula is C14H13N3O. The maximum absolute atomic E-state index is 12.3. The van der Waals surface area contributed by atoms with Crippen LogP contribution in [0, 0.1) is 0 Å². The Kier molecular flexibility index (Phi) is 2.68.